The number of pyridine rings is 1. The van der Waals surface area contributed by atoms with Crippen LogP contribution in [-0.2, 0) is 0 Å². The van der Waals surface area contributed by atoms with E-state index in [4.69, 9.17) is 0 Å². The number of fused-ring (bicyclic) bond motifs is 1. The molecule has 1 heterocycles. The van der Waals surface area contributed by atoms with Gasteiger partial charge in [-0.25, -0.2) is 4.99 Å². The summed E-state index contributed by atoms with van der Waals surface area (Å²) in [5.41, 5.74) is 2.56. The highest BCUT2D eigenvalue weighted by Gasteiger charge is 2.14. The summed E-state index contributed by atoms with van der Waals surface area (Å²) in [6, 6.07) is 16.9. The van der Waals surface area contributed by atoms with Crippen molar-refractivity contribution in [3.05, 3.63) is 66.4 Å². The third-order valence-corrected chi connectivity index (χ3v) is 4.05. The van der Waals surface area contributed by atoms with E-state index in [1.165, 1.54) is 0 Å². The fourth-order valence-electron chi connectivity index (χ4n) is 2.87. The molecule has 0 fully saturated rings. The number of para-hydroxylation sites is 2. The highest BCUT2D eigenvalue weighted by atomic mass is 16.1. The molecule has 0 aliphatic carbocycles. The molecule has 3 aromatic rings. The van der Waals surface area contributed by atoms with Crippen LogP contribution in [0.15, 0.2) is 65.8 Å². The van der Waals surface area contributed by atoms with Crippen LogP contribution in [0.2, 0.25) is 0 Å². The van der Waals surface area contributed by atoms with Crippen molar-refractivity contribution in [2.75, 3.05) is 33.5 Å². The minimum absolute atomic E-state index is 0.218. The van der Waals surface area contributed by atoms with Crippen LogP contribution in [0, 0.1) is 0 Å². The van der Waals surface area contributed by atoms with Gasteiger partial charge in [-0.2, -0.15) is 0 Å². The topological polar surface area (TPSA) is 60.8 Å². The highest BCUT2D eigenvalue weighted by Crippen LogP contribution is 2.24. The Hall–Kier alpha value is -3.41. The Morgan fingerprint density at radius 2 is 1.63 bits per heavy atom. The van der Waals surface area contributed by atoms with E-state index in [-0.39, 0.29) is 5.91 Å². The van der Waals surface area contributed by atoms with Gasteiger partial charge in [-0.3, -0.25) is 9.78 Å². The van der Waals surface area contributed by atoms with Gasteiger partial charge in [0, 0.05) is 39.8 Å². The molecule has 1 N–H and O–H groups in total. The van der Waals surface area contributed by atoms with Gasteiger partial charge in [-0.1, -0.05) is 30.3 Å². The Bertz CT molecular complexity index is 979. The van der Waals surface area contributed by atoms with E-state index >= 15 is 0 Å². The molecule has 1 aromatic heterocycles. The highest BCUT2D eigenvalue weighted by molar-refractivity contribution is 6.11. The Morgan fingerprint density at radius 3 is 2.37 bits per heavy atom. The summed E-state index contributed by atoms with van der Waals surface area (Å²) in [7, 11) is 7.68. The summed E-state index contributed by atoms with van der Waals surface area (Å²) in [5.74, 6) is 0.534. The van der Waals surface area contributed by atoms with E-state index in [0.29, 0.717) is 16.9 Å². The smallest absolute Gasteiger partial charge is 0.257 e. The first-order valence-corrected chi connectivity index (χ1v) is 8.65. The average molecular weight is 361 g/mol. The van der Waals surface area contributed by atoms with Crippen molar-refractivity contribution in [1.29, 1.82) is 0 Å². The van der Waals surface area contributed by atoms with Gasteiger partial charge in [0.2, 0.25) is 5.96 Å². The van der Waals surface area contributed by atoms with Gasteiger partial charge in [0.1, 0.15) is 0 Å². The molecule has 0 aliphatic heterocycles. The molecule has 0 saturated heterocycles. The number of anilines is 1. The molecule has 0 spiro atoms. The maximum Gasteiger partial charge on any atom is 0.257 e. The SMILES string of the molecule is CN(C)C(=Nc1ccccc1C(=O)Nc1cccc2cccnc12)N(C)C. The van der Waals surface area contributed by atoms with Gasteiger partial charge in [-0.15, -0.1) is 0 Å². The van der Waals surface area contributed by atoms with Gasteiger partial charge >= 0.3 is 0 Å². The summed E-state index contributed by atoms with van der Waals surface area (Å²) >= 11 is 0. The van der Waals surface area contributed by atoms with Crippen LogP contribution in [0.25, 0.3) is 10.9 Å². The number of nitrogens with one attached hydrogen (secondary N) is 1. The normalized spacial score (nSPS) is 10.4. The van der Waals surface area contributed by atoms with Crippen LogP contribution in [0.3, 0.4) is 0 Å². The Morgan fingerprint density at radius 1 is 0.926 bits per heavy atom. The number of carbonyl (C=O) groups is 1. The third kappa shape index (κ3) is 4.06. The Labute approximate surface area is 159 Å². The van der Waals surface area contributed by atoms with E-state index < -0.39 is 0 Å². The monoisotopic (exact) mass is 361 g/mol. The zero-order valence-electron chi connectivity index (χ0n) is 16.0. The van der Waals surface area contributed by atoms with Crippen LogP contribution < -0.4 is 5.32 Å². The molecular weight excluding hydrogens is 338 g/mol. The van der Waals surface area contributed by atoms with Crippen LogP contribution in [0.4, 0.5) is 11.4 Å². The molecule has 2 aromatic carbocycles. The molecule has 6 heteroatoms. The summed E-state index contributed by atoms with van der Waals surface area (Å²) in [6.07, 6.45) is 1.72. The van der Waals surface area contributed by atoms with E-state index in [2.05, 4.69) is 15.3 Å². The maximum atomic E-state index is 13.0. The van der Waals surface area contributed by atoms with Crippen molar-refractivity contribution in [3.8, 4) is 0 Å². The second-order valence-electron chi connectivity index (χ2n) is 6.55. The standard InChI is InChI=1S/C21H23N5O/c1-25(2)21(26(3)4)24-17-12-6-5-11-16(17)20(27)23-18-13-7-9-15-10-8-14-22-19(15)18/h5-14H,1-4H3,(H,23,27). The Kier molecular flexibility index (Phi) is 5.35. The Balaban J connectivity index is 1.97. The predicted molar refractivity (Wildman–Crippen MR) is 111 cm³/mol. The van der Waals surface area contributed by atoms with Gasteiger partial charge in [0.25, 0.3) is 5.91 Å². The maximum absolute atomic E-state index is 13.0. The number of aromatic nitrogens is 1. The minimum atomic E-state index is -0.218. The number of aliphatic imine (C=N–C) groups is 1. The molecule has 0 bridgehead atoms. The number of guanidine groups is 1. The first kappa shape index (κ1) is 18.4. The van der Waals surface area contributed by atoms with Crippen molar-refractivity contribution in [1.82, 2.24) is 14.8 Å². The van der Waals surface area contributed by atoms with Crippen molar-refractivity contribution >= 4 is 34.1 Å². The first-order chi connectivity index (χ1) is 13.0. The van der Waals surface area contributed by atoms with Gasteiger partial charge in [0.05, 0.1) is 22.5 Å². The van der Waals surface area contributed by atoms with Crippen molar-refractivity contribution < 1.29 is 4.79 Å². The van der Waals surface area contributed by atoms with Crippen LogP contribution in [0.1, 0.15) is 10.4 Å². The largest absolute Gasteiger partial charge is 0.349 e. The lowest BCUT2D eigenvalue weighted by molar-refractivity contribution is 0.102. The van der Waals surface area contributed by atoms with E-state index in [1.54, 1.807) is 12.3 Å². The van der Waals surface area contributed by atoms with Crippen molar-refractivity contribution in [2.45, 2.75) is 0 Å². The number of rotatable bonds is 3. The fraction of sp³-hybridized carbons (Fsp3) is 0.190. The number of hydrogen-bond acceptors (Lipinski definition) is 3. The third-order valence-electron chi connectivity index (χ3n) is 4.05. The summed E-state index contributed by atoms with van der Waals surface area (Å²) < 4.78 is 0. The zero-order valence-corrected chi connectivity index (χ0v) is 16.0. The average Bonchev–Trinajstić information content (AvgIpc) is 2.66. The zero-order chi connectivity index (χ0) is 19.4. The quantitative estimate of drug-likeness (QED) is 0.572. The molecule has 138 valence electrons. The lowest BCUT2D eigenvalue weighted by atomic mass is 10.1. The molecule has 0 saturated carbocycles. The number of nitrogens with zero attached hydrogens (tertiary/aromatic N) is 4. The van der Waals surface area contributed by atoms with Gasteiger partial charge in [0.15, 0.2) is 0 Å². The summed E-state index contributed by atoms with van der Waals surface area (Å²) in [6.45, 7) is 0. The van der Waals surface area contributed by atoms with Crippen molar-refractivity contribution in [2.24, 2.45) is 4.99 Å². The van der Waals surface area contributed by atoms with Crippen molar-refractivity contribution in [3.63, 3.8) is 0 Å². The fourth-order valence-corrected chi connectivity index (χ4v) is 2.87. The molecule has 0 unspecified atom stereocenters. The molecule has 27 heavy (non-hydrogen) atoms. The van der Waals surface area contributed by atoms with Crippen LogP contribution in [-0.4, -0.2) is 54.8 Å². The number of benzene rings is 2. The van der Waals surface area contributed by atoms with E-state index in [1.807, 2.05) is 86.5 Å². The molecule has 1 amide bonds. The first-order valence-electron chi connectivity index (χ1n) is 8.65. The molecule has 0 atom stereocenters. The second kappa shape index (κ2) is 7.86. The lowest BCUT2D eigenvalue weighted by Gasteiger charge is -2.23. The second-order valence-corrected chi connectivity index (χ2v) is 6.55. The van der Waals surface area contributed by atoms with Crippen LogP contribution >= 0.6 is 0 Å². The number of hydrogen-bond donors (Lipinski definition) is 1. The summed E-state index contributed by atoms with van der Waals surface area (Å²) in [5, 5.41) is 3.95. The summed E-state index contributed by atoms with van der Waals surface area (Å²) in [4.78, 5) is 25.8. The van der Waals surface area contributed by atoms with Crippen LogP contribution in [0.5, 0.6) is 0 Å². The van der Waals surface area contributed by atoms with E-state index in [0.717, 1.165) is 16.9 Å². The lowest BCUT2D eigenvalue weighted by Crippen LogP contribution is -2.35. The minimum Gasteiger partial charge on any atom is -0.349 e. The van der Waals surface area contributed by atoms with Gasteiger partial charge in [-0.05, 0) is 24.3 Å². The predicted octanol–water partition coefficient (Wildman–Crippen LogP) is 3.60. The van der Waals surface area contributed by atoms with Gasteiger partial charge < -0.3 is 15.1 Å². The molecule has 6 nitrogen and oxygen atoms in total. The molecule has 3 rings (SSSR count). The number of amides is 1. The molecule has 0 aliphatic rings. The molecular formula is C21H23N5O. The number of carbonyl (C=O) groups excluding carboxylic acids is 1. The van der Waals surface area contributed by atoms with E-state index in [9.17, 15) is 4.79 Å². The molecule has 0 radical (unpaired) electrons.